The molecule has 6 nitrogen and oxygen atoms in total. The van der Waals surface area contributed by atoms with Gasteiger partial charge in [-0.05, 0) is 89.9 Å². The molecule has 0 aliphatic rings. The Morgan fingerprint density at radius 3 is 0.803 bits per heavy atom. The summed E-state index contributed by atoms with van der Waals surface area (Å²) in [5.74, 6) is -0.883. The molecule has 0 aromatic rings. The molecule has 0 N–H and O–H groups in total. The van der Waals surface area contributed by atoms with Gasteiger partial charge >= 0.3 is 17.9 Å². The van der Waals surface area contributed by atoms with E-state index in [2.05, 4.69) is 57.2 Å². The van der Waals surface area contributed by atoms with Gasteiger partial charge in [0.15, 0.2) is 6.10 Å². The highest BCUT2D eigenvalue weighted by Gasteiger charge is 2.19. The molecule has 66 heavy (non-hydrogen) atoms. The van der Waals surface area contributed by atoms with Gasteiger partial charge in [-0.25, -0.2) is 0 Å². The minimum atomic E-state index is -0.777. The molecule has 0 spiro atoms. The van der Waals surface area contributed by atoms with Crippen LogP contribution in [0.5, 0.6) is 0 Å². The van der Waals surface area contributed by atoms with E-state index < -0.39 is 6.10 Å². The van der Waals surface area contributed by atoms with Crippen molar-refractivity contribution >= 4 is 17.9 Å². The maximum absolute atomic E-state index is 12.8. The van der Waals surface area contributed by atoms with Gasteiger partial charge in [-0.2, -0.15) is 0 Å². The standard InChI is InChI=1S/C60H110O6/c1-4-7-10-13-16-19-22-24-26-27-28-29-30-31-32-33-34-36-38-41-44-47-50-53-59(62)65-56-57(55-64-58(61)52-49-46-43-40-37-21-18-15-12-9-6-3)66-60(63)54-51-48-45-42-39-35-25-23-20-17-14-11-8-5-2/h15,18,23,25,27-28,57H,4-14,16-17,19-22,24,26,29-56H2,1-3H3/b18-15-,25-23-,28-27-. The first-order valence-electron chi connectivity index (χ1n) is 29.0. The monoisotopic (exact) mass is 927 g/mol. The predicted octanol–water partition coefficient (Wildman–Crippen LogP) is 19.3. The summed E-state index contributed by atoms with van der Waals surface area (Å²) in [6.07, 6.45) is 65.7. The molecule has 0 aliphatic carbocycles. The zero-order chi connectivity index (χ0) is 47.9. The van der Waals surface area contributed by atoms with Crippen LogP contribution in [0.1, 0.15) is 310 Å². The second-order valence-corrected chi connectivity index (χ2v) is 19.5. The summed E-state index contributed by atoms with van der Waals surface area (Å²) in [5, 5.41) is 0. The quantitative estimate of drug-likeness (QED) is 0.0262. The molecule has 0 amide bonds. The smallest absolute Gasteiger partial charge is 0.306 e. The molecule has 0 saturated heterocycles. The van der Waals surface area contributed by atoms with E-state index in [0.29, 0.717) is 19.3 Å². The van der Waals surface area contributed by atoms with E-state index in [-0.39, 0.29) is 31.1 Å². The van der Waals surface area contributed by atoms with Crippen molar-refractivity contribution in [3.8, 4) is 0 Å². The van der Waals surface area contributed by atoms with Crippen molar-refractivity contribution in [2.45, 2.75) is 316 Å². The summed E-state index contributed by atoms with van der Waals surface area (Å²) in [6.45, 7) is 6.61. The van der Waals surface area contributed by atoms with E-state index in [1.54, 1.807) is 0 Å². The maximum atomic E-state index is 12.8. The lowest BCUT2D eigenvalue weighted by Crippen LogP contribution is -2.30. The first-order chi connectivity index (χ1) is 32.5. The third kappa shape index (κ3) is 52.6. The highest BCUT2D eigenvalue weighted by Crippen LogP contribution is 2.16. The van der Waals surface area contributed by atoms with Crippen molar-refractivity contribution in [2.24, 2.45) is 0 Å². The van der Waals surface area contributed by atoms with Crippen LogP contribution in [-0.4, -0.2) is 37.2 Å². The SMILES string of the molecule is CCCC/C=C\CCCCCCCC(=O)OCC(COC(=O)CCCCCCCCCCCCC/C=C\CCCCCCCCCC)OC(=O)CCCCCCC/C=C\CCCCCCC. The van der Waals surface area contributed by atoms with Crippen molar-refractivity contribution in [3.63, 3.8) is 0 Å². The van der Waals surface area contributed by atoms with Crippen molar-refractivity contribution < 1.29 is 28.6 Å². The minimum Gasteiger partial charge on any atom is -0.462 e. The zero-order valence-corrected chi connectivity index (χ0v) is 44.2. The Bertz CT molecular complexity index is 1110. The summed E-state index contributed by atoms with van der Waals surface area (Å²) in [4.78, 5) is 38.0. The second kappa shape index (κ2) is 55.2. The lowest BCUT2D eigenvalue weighted by molar-refractivity contribution is -0.167. The molecule has 386 valence electrons. The van der Waals surface area contributed by atoms with Crippen LogP contribution < -0.4 is 0 Å². The summed E-state index contributed by atoms with van der Waals surface area (Å²) in [5.41, 5.74) is 0. The zero-order valence-electron chi connectivity index (χ0n) is 44.2. The Morgan fingerprint density at radius 2 is 0.515 bits per heavy atom. The van der Waals surface area contributed by atoms with Crippen LogP contribution >= 0.6 is 0 Å². The lowest BCUT2D eigenvalue weighted by Gasteiger charge is -2.18. The average molecular weight is 928 g/mol. The van der Waals surface area contributed by atoms with Gasteiger partial charge in [-0.15, -0.1) is 0 Å². The molecule has 0 rings (SSSR count). The van der Waals surface area contributed by atoms with Gasteiger partial charge in [0.1, 0.15) is 13.2 Å². The van der Waals surface area contributed by atoms with E-state index in [1.807, 2.05) is 0 Å². The van der Waals surface area contributed by atoms with Gasteiger partial charge in [-0.3, -0.25) is 14.4 Å². The van der Waals surface area contributed by atoms with Crippen LogP contribution in [0, 0.1) is 0 Å². The molecule has 0 heterocycles. The first-order valence-corrected chi connectivity index (χ1v) is 29.0. The average Bonchev–Trinajstić information content (AvgIpc) is 3.31. The van der Waals surface area contributed by atoms with Crippen molar-refractivity contribution in [1.29, 1.82) is 0 Å². The molecule has 1 atom stereocenters. The molecule has 0 saturated carbocycles. The Hall–Kier alpha value is -2.37. The van der Waals surface area contributed by atoms with Crippen molar-refractivity contribution in [3.05, 3.63) is 36.5 Å². The summed E-state index contributed by atoms with van der Waals surface area (Å²) < 4.78 is 16.8. The predicted molar refractivity (Wildman–Crippen MR) is 284 cm³/mol. The molecule has 0 fully saturated rings. The molecule has 0 aromatic carbocycles. The number of carbonyl (C=O) groups is 3. The number of unbranched alkanes of at least 4 members (excludes halogenated alkanes) is 36. The maximum Gasteiger partial charge on any atom is 0.306 e. The first kappa shape index (κ1) is 63.6. The molecule has 0 aliphatic heterocycles. The highest BCUT2D eigenvalue weighted by atomic mass is 16.6. The Balaban J connectivity index is 4.24. The number of rotatable bonds is 53. The van der Waals surface area contributed by atoms with Crippen LogP contribution in [0.2, 0.25) is 0 Å². The van der Waals surface area contributed by atoms with Gasteiger partial charge in [0.25, 0.3) is 0 Å². The Morgan fingerprint density at radius 1 is 0.288 bits per heavy atom. The summed E-state index contributed by atoms with van der Waals surface area (Å²) >= 11 is 0. The van der Waals surface area contributed by atoms with Gasteiger partial charge < -0.3 is 14.2 Å². The van der Waals surface area contributed by atoms with Gasteiger partial charge in [0, 0.05) is 19.3 Å². The fourth-order valence-electron chi connectivity index (χ4n) is 8.41. The number of esters is 3. The number of hydrogen-bond donors (Lipinski definition) is 0. The Labute approximate surface area is 410 Å². The molecular weight excluding hydrogens is 817 g/mol. The molecule has 0 radical (unpaired) electrons. The molecule has 0 bridgehead atoms. The van der Waals surface area contributed by atoms with E-state index in [0.717, 1.165) is 70.6 Å². The van der Waals surface area contributed by atoms with Crippen molar-refractivity contribution in [2.75, 3.05) is 13.2 Å². The van der Waals surface area contributed by atoms with Gasteiger partial charge in [0.05, 0.1) is 0 Å². The topological polar surface area (TPSA) is 78.9 Å². The second-order valence-electron chi connectivity index (χ2n) is 19.5. The van der Waals surface area contributed by atoms with Crippen LogP contribution in [0.4, 0.5) is 0 Å². The highest BCUT2D eigenvalue weighted by molar-refractivity contribution is 5.71. The van der Waals surface area contributed by atoms with Crippen LogP contribution in [-0.2, 0) is 28.6 Å². The van der Waals surface area contributed by atoms with E-state index in [1.165, 1.54) is 199 Å². The molecule has 6 heteroatoms. The van der Waals surface area contributed by atoms with E-state index in [4.69, 9.17) is 14.2 Å². The fourth-order valence-corrected chi connectivity index (χ4v) is 8.41. The van der Waals surface area contributed by atoms with E-state index in [9.17, 15) is 14.4 Å². The molecular formula is C60H110O6. The lowest BCUT2D eigenvalue weighted by atomic mass is 10.0. The van der Waals surface area contributed by atoms with Crippen LogP contribution in [0.25, 0.3) is 0 Å². The number of carbonyl (C=O) groups excluding carboxylic acids is 3. The third-order valence-electron chi connectivity index (χ3n) is 12.8. The summed E-state index contributed by atoms with van der Waals surface area (Å²) in [7, 11) is 0. The van der Waals surface area contributed by atoms with E-state index >= 15 is 0 Å². The minimum absolute atomic E-state index is 0.0763. The third-order valence-corrected chi connectivity index (χ3v) is 12.8. The largest absolute Gasteiger partial charge is 0.462 e. The van der Waals surface area contributed by atoms with Crippen molar-refractivity contribution in [1.82, 2.24) is 0 Å². The number of allylic oxidation sites excluding steroid dienone is 6. The Kier molecular flexibility index (Phi) is 53.2. The summed E-state index contributed by atoms with van der Waals surface area (Å²) in [6, 6.07) is 0. The normalized spacial score (nSPS) is 12.2. The van der Waals surface area contributed by atoms with Gasteiger partial charge in [-0.1, -0.05) is 237 Å². The number of hydrogen-bond acceptors (Lipinski definition) is 6. The van der Waals surface area contributed by atoms with Crippen LogP contribution in [0.3, 0.4) is 0 Å². The van der Waals surface area contributed by atoms with Gasteiger partial charge in [0.2, 0.25) is 0 Å². The van der Waals surface area contributed by atoms with Crippen LogP contribution in [0.15, 0.2) is 36.5 Å². The molecule has 0 aromatic heterocycles. The molecule has 1 unspecified atom stereocenters. The number of ether oxygens (including phenoxy) is 3. The fraction of sp³-hybridized carbons (Fsp3) is 0.850.